The Morgan fingerprint density at radius 1 is 0.824 bits per heavy atom. The van der Waals surface area contributed by atoms with Crippen LogP contribution in [-0.4, -0.2) is 4.98 Å². The van der Waals surface area contributed by atoms with Crippen LogP contribution in [0.4, 0.5) is 5.13 Å². The van der Waals surface area contributed by atoms with E-state index in [2.05, 4.69) is 10.1 Å². The Labute approximate surface area is 222 Å². The van der Waals surface area contributed by atoms with Crippen molar-refractivity contribution in [3.05, 3.63) is 117 Å². The monoisotopic (exact) mass is 564 g/mol. The first-order chi connectivity index (χ1) is 16.3. The molecule has 0 aliphatic rings. The van der Waals surface area contributed by atoms with Crippen LogP contribution >= 0.6 is 65.0 Å². The first-order valence-corrected chi connectivity index (χ1v) is 14.2. The van der Waals surface area contributed by atoms with Gasteiger partial charge in [0.25, 0.3) is 0 Å². The number of anilines is 1. The molecule has 1 aromatic heterocycles. The molecule has 0 aliphatic carbocycles. The highest BCUT2D eigenvalue weighted by molar-refractivity contribution is 7.72. The number of thiazole rings is 1. The minimum absolute atomic E-state index is 0.339. The predicted molar refractivity (Wildman–Crippen MR) is 149 cm³/mol. The summed E-state index contributed by atoms with van der Waals surface area (Å²) < 4.78 is 14.1. The first kappa shape index (κ1) is 25.1. The van der Waals surface area contributed by atoms with Crippen molar-refractivity contribution in [2.24, 2.45) is 0 Å². The number of benzene rings is 3. The van der Waals surface area contributed by atoms with E-state index < -0.39 is 7.29 Å². The lowest BCUT2D eigenvalue weighted by Gasteiger charge is -2.13. The standard InChI is InChI=1S/C25H17Cl4N2OPS/c26-20-12-11-19(13-21(20)27)24-16-34-25(30-24)31-33(32,14-22(28)17-7-3-1-4-8-17)15-23(29)18-9-5-2-6-10-18/h1-16H,(H,30,31,32)/b22-14-,23-15-. The number of halogens is 4. The molecule has 3 aromatic carbocycles. The van der Waals surface area contributed by atoms with Crippen LogP contribution < -0.4 is 5.09 Å². The molecule has 0 unspecified atom stereocenters. The van der Waals surface area contributed by atoms with Gasteiger partial charge in [0, 0.05) is 22.6 Å². The van der Waals surface area contributed by atoms with Gasteiger partial charge in [0.05, 0.1) is 25.8 Å². The molecule has 0 saturated carbocycles. The Hall–Kier alpha value is -2.04. The number of nitrogens with zero attached hydrogens (tertiary/aromatic N) is 1. The maximum Gasteiger partial charge on any atom is 0.217 e. The molecule has 9 heteroatoms. The van der Waals surface area contributed by atoms with E-state index in [0.717, 1.165) is 16.7 Å². The van der Waals surface area contributed by atoms with Gasteiger partial charge in [0.1, 0.15) is 0 Å². The minimum atomic E-state index is -3.42. The minimum Gasteiger partial charge on any atom is -0.306 e. The smallest absolute Gasteiger partial charge is 0.217 e. The summed E-state index contributed by atoms with van der Waals surface area (Å²) in [5.74, 6) is 2.99. The van der Waals surface area contributed by atoms with Crippen molar-refractivity contribution in [3.63, 3.8) is 0 Å². The number of hydrogen-bond acceptors (Lipinski definition) is 3. The van der Waals surface area contributed by atoms with Crippen molar-refractivity contribution in [1.82, 2.24) is 4.98 Å². The summed E-state index contributed by atoms with van der Waals surface area (Å²) in [5, 5.41) is 6.92. The normalized spacial score (nSPS) is 12.6. The summed E-state index contributed by atoms with van der Waals surface area (Å²) in [6.45, 7) is 0. The van der Waals surface area contributed by atoms with Crippen molar-refractivity contribution >= 4 is 80.2 Å². The zero-order valence-electron chi connectivity index (χ0n) is 17.5. The van der Waals surface area contributed by atoms with Gasteiger partial charge in [0.2, 0.25) is 7.29 Å². The molecule has 0 fully saturated rings. The zero-order valence-corrected chi connectivity index (χ0v) is 22.2. The van der Waals surface area contributed by atoms with Crippen LogP contribution in [0.2, 0.25) is 10.0 Å². The molecule has 0 saturated heterocycles. The molecule has 0 amide bonds. The number of nitrogens with one attached hydrogen (secondary N) is 1. The molecule has 4 aromatic rings. The van der Waals surface area contributed by atoms with Gasteiger partial charge >= 0.3 is 0 Å². The second kappa shape index (κ2) is 11.1. The highest BCUT2D eigenvalue weighted by Gasteiger charge is 2.21. The van der Waals surface area contributed by atoms with Crippen LogP contribution in [0.1, 0.15) is 11.1 Å². The largest absolute Gasteiger partial charge is 0.306 e. The second-order valence-corrected chi connectivity index (χ2v) is 11.8. The molecule has 0 bridgehead atoms. The van der Waals surface area contributed by atoms with E-state index in [4.69, 9.17) is 46.4 Å². The maximum absolute atomic E-state index is 14.1. The topological polar surface area (TPSA) is 42.0 Å². The van der Waals surface area contributed by atoms with E-state index in [1.165, 1.54) is 23.0 Å². The fourth-order valence-electron chi connectivity index (χ4n) is 3.05. The number of hydrogen-bond donors (Lipinski definition) is 1. The number of rotatable bonds is 7. The van der Waals surface area contributed by atoms with Crippen LogP contribution in [0.15, 0.2) is 95.9 Å². The summed E-state index contributed by atoms with van der Waals surface area (Å²) in [6.07, 6.45) is 0. The summed E-state index contributed by atoms with van der Waals surface area (Å²) >= 11 is 26.6. The molecule has 3 nitrogen and oxygen atoms in total. The fraction of sp³-hybridized carbons (Fsp3) is 0. The second-order valence-electron chi connectivity index (χ2n) is 7.17. The Balaban J connectivity index is 1.71. The summed E-state index contributed by atoms with van der Waals surface area (Å²) in [6, 6.07) is 23.9. The molecule has 1 N–H and O–H groups in total. The lowest BCUT2D eigenvalue weighted by atomic mass is 10.2. The first-order valence-electron chi connectivity index (χ1n) is 9.99. The molecule has 0 atom stereocenters. The predicted octanol–water partition coefficient (Wildman–Crippen LogP) is 10.3. The van der Waals surface area contributed by atoms with Crippen molar-refractivity contribution in [3.8, 4) is 11.3 Å². The molecular formula is C25H17Cl4N2OPS. The third kappa shape index (κ3) is 6.34. The average Bonchev–Trinajstić information content (AvgIpc) is 3.29. The van der Waals surface area contributed by atoms with E-state index in [0.29, 0.717) is 30.9 Å². The maximum atomic E-state index is 14.1. The summed E-state index contributed by atoms with van der Waals surface area (Å²) in [7, 11) is -3.42. The van der Waals surface area contributed by atoms with Crippen molar-refractivity contribution in [1.29, 1.82) is 0 Å². The van der Waals surface area contributed by atoms with Gasteiger partial charge in [-0.3, -0.25) is 4.57 Å². The van der Waals surface area contributed by atoms with Crippen LogP contribution in [0.25, 0.3) is 21.3 Å². The van der Waals surface area contributed by atoms with Gasteiger partial charge in [-0.05, 0) is 23.3 Å². The quantitative estimate of drug-likeness (QED) is 0.227. The van der Waals surface area contributed by atoms with Crippen molar-refractivity contribution in [2.45, 2.75) is 0 Å². The summed E-state index contributed by atoms with van der Waals surface area (Å²) in [5.41, 5.74) is 2.95. The highest BCUT2D eigenvalue weighted by atomic mass is 35.5. The van der Waals surface area contributed by atoms with Gasteiger partial charge < -0.3 is 5.09 Å². The Morgan fingerprint density at radius 3 is 1.91 bits per heavy atom. The molecule has 0 radical (unpaired) electrons. The SMILES string of the molecule is O=P(/C=C(\Cl)c1ccccc1)(/C=C(\Cl)c1ccccc1)Nc1nc(-c2ccc(Cl)c(Cl)c2)cs1. The lowest BCUT2D eigenvalue weighted by Crippen LogP contribution is -1.94. The Morgan fingerprint density at radius 2 is 1.38 bits per heavy atom. The molecular weight excluding hydrogens is 549 g/mol. The Bertz CT molecular complexity index is 1350. The Kier molecular flexibility index (Phi) is 8.21. The van der Waals surface area contributed by atoms with E-state index in [1.54, 1.807) is 12.1 Å². The van der Waals surface area contributed by atoms with Gasteiger partial charge in [-0.15, -0.1) is 11.3 Å². The summed E-state index contributed by atoms with van der Waals surface area (Å²) in [4.78, 5) is 4.59. The van der Waals surface area contributed by atoms with Crippen LogP contribution in [0.3, 0.4) is 0 Å². The van der Waals surface area contributed by atoms with E-state index in [9.17, 15) is 4.57 Å². The third-order valence-electron chi connectivity index (χ3n) is 4.70. The van der Waals surface area contributed by atoms with Gasteiger partial charge in [-0.1, -0.05) is 113 Å². The molecule has 0 aliphatic heterocycles. The third-order valence-corrected chi connectivity index (χ3v) is 9.15. The van der Waals surface area contributed by atoms with Gasteiger partial charge in [-0.25, -0.2) is 4.98 Å². The molecule has 172 valence electrons. The van der Waals surface area contributed by atoms with Crippen LogP contribution in [0, 0.1) is 0 Å². The zero-order chi connectivity index (χ0) is 24.1. The van der Waals surface area contributed by atoms with Crippen molar-refractivity contribution in [2.75, 3.05) is 5.09 Å². The fourth-order valence-corrected chi connectivity index (χ4v) is 7.19. The highest BCUT2D eigenvalue weighted by Crippen LogP contribution is 2.54. The average molecular weight is 566 g/mol. The molecule has 34 heavy (non-hydrogen) atoms. The molecule has 1 heterocycles. The van der Waals surface area contributed by atoms with Crippen molar-refractivity contribution < 1.29 is 4.57 Å². The lowest BCUT2D eigenvalue weighted by molar-refractivity contribution is 0.589. The van der Waals surface area contributed by atoms with Crippen LogP contribution in [-0.2, 0) is 4.57 Å². The number of aromatic nitrogens is 1. The molecule has 0 spiro atoms. The van der Waals surface area contributed by atoms with E-state index in [1.807, 2.05) is 72.1 Å². The van der Waals surface area contributed by atoms with E-state index >= 15 is 0 Å². The van der Waals surface area contributed by atoms with E-state index in [-0.39, 0.29) is 0 Å². The van der Waals surface area contributed by atoms with Crippen LogP contribution in [0.5, 0.6) is 0 Å². The van der Waals surface area contributed by atoms with Gasteiger partial charge in [-0.2, -0.15) is 0 Å². The molecule has 4 rings (SSSR count). The van der Waals surface area contributed by atoms with Gasteiger partial charge in [0.15, 0.2) is 5.13 Å².